The molecule has 1 saturated heterocycles. The number of unbranched alkanes of at least 4 members (excludes halogenated alkanes) is 1. The number of carbonyl (C=O) groups excluding carboxylic acids is 1. The van der Waals surface area contributed by atoms with E-state index in [2.05, 4.69) is 49.9 Å². The quantitative estimate of drug-likeness (QED) is 0.664. The van der Waals surface area contributed by atoms with Crippen LogP contribution in [0.3, 0.4) is 0 Å². The molecule has 0 unspecified atom stereocenters. The number of carbonyl (C=O) groups is 1. The standard InChI is InChI=1S/C25H32N2O3/c1-4-5-11-27(22-8-6-7-18(2)12-22)25(28)16-26-15-21(13-19(26)3)20-9-10-23-24(14-20)30-17-29-23/h6-10,12,14,19,21H,4-5,11,13,15-17H2,1-3H3/t19-,21+/m0/s1. The zero-order chi connectivity index (χ0) is 21.1. The van der Waals surface area contributed by atoms with Crippen LogP contribution in [0.1, 0.15) is 50.2 Å². The summed E-state index contributed by atoms with van der Waals surface area (Å²) >= 11 is 0. The molecule has 0 radical (unpaired) electrons. The number of hydrogen-bond acceptors (Lipinski definition) is 4. The Kier molecular flexibility index (Phi) is 6.28. The molecule has 0 bridgehead atoms. The fourth-order valence-corrected chi connectivity index (χ4v) is 4.50. The molecular formula is C25H32N2O3. The highest BCUT2D eigenvalue weighted by Gasteiger charge is 2.33. The molecule has 4 rings (SSSR count). The van der Waals surface area contributed by atoms with Gasteiger partial charge in [-0.2, -0.15) is 0 Å². The average molecular weight is 409 g/mol. The fraction of sp³-hybridized carbons (Fsp3) is 0.480. The highest BCUT2D eigenvalue weighted by atomic mass is 16.7. The molecule has 2 aliphatic rings. The van der Waals surface area contributed by atoms with Crippen LogP contribution in [0.15, 0.2) is 42.5 Å². The monoisotopic (exact) mass is 408 g/mol. The molecule has 0 saturated carbocycles. The van der Waals surface area contributed by atoms with Gasteiger partial charge < -0.3 is 14.4 Å². The average Bonchev–Trinajstić information content (AvgIpc) is 3.34. The molecule has 0 aliphatic carbocycles. The summed E-state index contributed by atoms with van der Waals surface area (Å²) in [7, 11) is 0. The van der Waals surface area contributed by atoms with Gasteiger partial charge in [-0.25, -0.2) is 0 Å². The molecule has 0 spiro atoms. The van der Waals surface area contributed by atoms with Crippen LogP contribution in [0.25, 0.3) is 0 Å². The van der Waals surface area contributed by atoms with E-state index in [1.165, 1.54) is 11.1 Å². The number of aryl methyl sites for hydroxylation is 1. The number of rotatable bonds is 7. The van der Waals surface area contributed by atoms with E-state index in [1.54, 1.807) is 0 Å². The van der Waals surface area contributed by atoms with Crippen LogP contribution in [0.2, 0.25) is 0 Å². The highest BCUT2D eigenvalue weighted by molar-refractivity contribution is 5.94. The first-order valence-electron chi connectivity index (χ1n) is 11.1. The van der Waals surface area contributed by atoms with Gasteiger partial charge in [0.2, 0.25) is 12.7 Å². The van der Waals surface area contributed by atoms with E-state index in [9.17, 15) is 4.79 Å². The molecule has 2 atom stereocenters. The van der Waals surface area contributed by atoms with Crippen molar-refractivity contribution < 1.29 is 14.3 Å². The number of benzene rings is 2. The third kappa shape index (κ3) is 4.46. The Balaban J connectivity index is 1.45. The Morgan fingerprint density at radius 2 is 2.00 bits per heavy atom. The van der Waals surface area contributed by atoms with Gasteiger partial charge in [0.15, 0.2) is 11.5 Å². The predicted octanol–water partition coefficient (Wildman–Crippen LogP) is 4.73. The van der Waals surface area contributed by atoms with Crippen molar-refractivity contribution in [1.82, 2.24) is 4.90 Å². The minimum Gasteiger partial charge on any atom is -0.454 e. The second-order valence-electron chi connectivity index (χ2n) is 8.56. The molecule has 2 aliphatic heterocycles. The third-order valence-corrected chi connectivity index (χ3v) is 6.26. The molecular weight excluding hydrogens is 376 g/mol. The van der Waals surface area contributed by atoms with Gasteiger partial charge in [0, 0.05) is 24.8 Å². The second kappa shape index (κ2) is 9.09. The summed E-state index contributed by atoms with van der Waals surface area (Å²) in [6.45, 7) is 8.88. The van der Waals surface area contributed by atoms with Crippen LogP contribution in [0.4, 0.5) is 5.69 Å². The zero-order valence-electron chi connectivity index (χ0n) is 18.3. The fourth-order valence-electron chi connectivity index (χ4n) is 4.50. The lowest BCUT2D eigenvalue weighted by Crippen LogP contribution is -2.42. The summed E-state index contributed by atoms with van der Waals surface area (Å²) in [5.41, 5.74) is 3.45. The van der Waals surface area contributed by atoms with Crippen LogP contribution in [0, 0.1) is 6.92 Å². The zero-order valence-corrected chi connectivity index (χ0v) is 18.3. The number of anilines is 1. The smallest absolute Gasteiger partial charge is 0.241 e. The van der Waals surface area contributed by atoms with Crippen molar-refractivity contribution in [3.8, 4) is 11.5 Å². The summed E-state index contributed by atoms with van der Waals surface area (Å²) in [6.07, 6.45) is 3.13. The Hall–Kier alpha value is -2.53. The highest BCUT2D eigenvalue weighted by Crippen LogP contribution is 2.38. The largest absolute Gasteiger partial charge is 0.454 e. The first kappa shape index (κ1) is 20.7. The van der Waals surface area contributed by atoms with Gasteiger partial charge >= 0.3 is 0 Å². The number of ether oxygens (including phenoxy) is 2. The molecule has 5 heteroatoms. The summed E-state index contributed by atoms with van der Waals surface area (Å²) in [5.74, 6) is 2.25. The Morgan fingerprint density at radius 3 is 2.80 bits per heavy atom. The normalized spacial score (nSPS) is 20.5. The van der Waals surface area contributed by atoms with Crippen molar-refractivity contribution in [1.29, 1.82) is 0 Å². The third-order valence-electron chi connectivity index (χ3n) is 6.26. The number of hydrogen-bond donors (Lipinski definition) is 0. The number of nitrogens with zero attached hydrogens (tertiary/aromatic N) is 2. The summed E-state index contributed by atoms with van der Waals surface area (Å²) in [5, 5.41) is 0. The Morgan fingerprint density at radius 1 is 1.17 bits per heavy atom. The summed E-state index contributed by atoms with van der Waals surface area (Å²) in [6, 6.07) is 14.9. The lowest BCUT2D eigenvalue weighted by atomic mass is 9.96. The van der Waals surface area contributed by atoms with E-state index >= 15 is 0 Å². The van der Waals surface area contributed by atoms with Gasteiger partial charge in [-0.3, -0.25) is 9.69 Å². The maximum absolute atomic E-state index is 13.3. The predicted molar refractivity (Wildman–Crippen MR) is 119 cm³/mol. The van der Waals surface area contributed by atoms with Crippen LogP contribution < -0.4 is 14.4 Å². The molecule has 0 aromatic heterocycles. The van der Waals surface area contributed by atoms with Gasteiger partial charge in [-0.1, -0.05) is 31.5 Å². The minimum atomic E-state index is 0.187. The number of amides is 1. The van der Waals surface area contributed by atoms with E-state index in [4.69, 9.17) is 9.47 Å². The molecule has 30 heavy (non-hydrogen) atoms. The number of likely N-dealkylation sites (tertiary alicyclic amines) is 1. The van der Waals surface area contributed by atoms with Crippen molar-refractivity contribution >= 4 is 11.6 Å². The molecule has 1 amide bonds. The molecule has 1 fully saturated rings. The topological polar surface area (TPSA) is 42.0 Å². The van der Waals surface area contributed by atoms with E-state index in [0.29, 0.717) is 25.3 Å². The van der Waals surface area contributed by atoms with E-state index in [0.717, 1.165) is 49.5 Å². The van der Waals surface area contributed by atoms with Gasteiger partial charge in [0.25, 0.3) is 0 Å². The molecule has 0 N–H and O–H groups in total. The molecule has 2 aromatic rings. The number of fused-ring (bicyclic) bond motifs is 1. The first-order valence-corrected chi connectivity index (χ1v) is 11.1. The summed E-state index contributed by atoms with van der Waals surface area (Å²) < 4.78 is 11.0. The van der Waals surface area contributed by atoms with Crippen LogP contribution >= 0.6 is 0 Å². The van der Waals surface area contributed by atoms with E-state index < -0.39 is 0 Å². The van der Waals surface area contributed by atoms with Crippen molar-refractivity contribution in [2.24, 2.45) is 0 Å². The maximum atomic E-state index is 13.3. The van der Waals surface area contributed by atoms with E-state index in [1.807, 2.05) is 23.1 Å². The molecule has 160 valence electrons. The Bertz CT molecular complexity index is 898. The van der Waals surface area contributed by atoms with Crippen molar-refractivity contribution in [3.63, 3.8) is 0 Å². The molecule has 2 heterocycles. The van der Waals surface area contributed by atoms with Crippen molar-refractivity contribution in [2.45, 2.75) is 52.0 Å². The first-order chi connectivity index (χ1) is 14.5. The second-order valence-corrected chi connectivity index (χ2v) is 8.56. The Labute approximate surface area is 179 Å². The molecule has 5 nitrogen and oxygen atoms in total. The van der Waals surface area contributed by atoms with Crippen LogP contribution in [-0.4, -0.2) is 43.3 Å². The maximum Gasteiger partial charge on any atom is 0.241 e. The van der Waals surface area contributed by atoms with Crippen LogP contribution in [0.5, 0.6) is 11.5 Å². The minimum absolute atomic E-state index is 0.187. The van der Waals surface area contributed by atoms with Gasteiger partial charge in [0.1, 0.15) is 0 Å². The lowest BCUT2D eigenvalue weighted by Gasteiger charge is -2.27. The van der Waals surface area contributed by atoms with Gasteiger partial charge in [-0.05, 0) is 68.0 Å². The van der Waals surface area contributed by atoms with E-state index in [-0.39, 0.29) is 5.91 Å². The molecule has 2 aromatic carbocycles. The summed E-state index contributed by atoms with van der Waals surface area (Å²) in [4.78, 5) is 17.6. The van der Waals surface area contributed by atoms with Crippen molar-refractivity contribution in [3.05, 3.63) is 53.6 Å². The lowest BCUT2D eigenvalue weighted by molar-refractivity contribution is -0.119. The van der Waals surface area contributed by atoms with Gasteiger partial charge in [-0.15, -0.1) is 0 Å². The van der Waals surface area contributed by atoms with Crippen LogP contribution in [-0.2, 0) is 4.79 Å². The van der Waals surface area contributed by atoms with Gasteiger partial charge in [0.05, 0.1) is 6.54 Å². The SMILES string of the molecule is CCCCN(C(=O)CN1C[C@H](c2ccc3c(c2)OCO3)C[C@@H]1C)c1cccc(C)c1. The van der Waals surface area contributed by atoms with Crippen molar-refractivity contribution in [2.75, 3.05) is 31.3 Å².